The van der Waals surface area contributed by atoms with Crippen LogP contribution in [-0.2, 0) is 12.0 Å². The Kier molecular flexibility index (Phi) is 3.72. The largest absolute Gasteiger partial charge is 0.497 e. The van der Waals surface area contributed by atoms with Crippen molar-refractivity contribution in [1.82, 2.24) is 0 Å². The summed E-state index contributed by atoms with van der Waals surface area (Å²) in [5.41, 5.74) is 1.14. The Hall–Kier alpha value is -1.74. The topological polar surface area (TPSA) is 42.6 Å². The van der Waals surface area contributed by atoms with Gasteiger partial charge in [-0.2, -0.15) is 0 Å². The number of methoxy groups -OCH3 is 1. The van der Waals surface area contributed by atoms with Crippen molar-refractivity contribution in [3.8, 4) is 5.75 Å². The lowest BCUT2D eigenvalue weighted by Gasteiger charge is -2.21. The second kappa shape index (κ2) is 5.27. The molecule has 96 valence electrons. The number of hydrogen-bond acceptors (Lipinski definition) is 3. The fourth-order valence-corrected chi connectivity index (χ4v) is 1.90. The first kappa shape index (κ1) is 12.7. The monoisotopic (exact) mass is 246 g/mol. The van der Waals surface area contributed by atoms with E-state index in [9.17, 15) is 5.11 Å². The molecular weight excluding hydrogens is 228 g/mol. The van der Waals surface area contributed by atoms with Crippen LogP contribution >= 0.6 is 0 Å². The van der Waals surface area contributed by atoms with E-state index >= 15 is 0 Å². The zero-order chi connectivity index (χ0) is 13.0. The zero-order valence-electron chi connectivity index (χ0n) is 10.7. The van der Waals surface area contributed by atoms with E-state index in [-0.39, 0.29) is 0 Å². The van der Waals surface area contributed by atoms with E-state index in [0.717, 1.165) is 17.7 Å². The molecule has 0 fully saturated rings. The van der Waals surface area contributed by atoms with Gasteiger partial charge in [-0.15, -0.1) is 0 Å². The van der Waals surface area contributed by atoms with E-state index in [0.29, 0.717) is 6.42 Å². The summed E-state index contributed by atoms with van der Waals surface area (Å²) in [5.74, 6) is 0.848. The van der Waals surface area contributed by atoms with E-state index in [2.05, 4.69) is 0 Å². The van der Waals surface area contributed by atoms with Gasteiger partial charge >= 0.3 is 0 Å². The van der Waals surface area contributed by atoms with Gasteiger partial charge in [-0.05, 0) is 43.5 Å². The van der Waals surface area contributed by atoms with Crippen LogP contribution in [0, 0.1) is 0 Å². The molecule has 1 heterocycles. The van der Waals surface area contributed by atoms with Crippen LogP contribution in [0.2, 0.25) is 0 Å². The lowest BCUT2D eigenvalue weighted by molar-refractivity contribution is 0.0474. The van der Waals surface area contributed by atoms with Gasteiger partial charge < -0.3 is 14.3 Å². The zero-order valence-corrected chi connectivity index (χ0v) is 10.7. The van der Waals surface area contributed by atoms with Crippen molar-refractivity contribution in [1.29, 1.82) is 0 Å². The number of benzene rings is 1. The molecule has 1 aromatic carbocycles. The van der Waals surface area contributed by atoms with Crippen molar-refractivity contribution in [2.75, 3.05) is 7.11 Å². The molecule has 0 aliphatic carbocycles. The molecule has 18 heavy (non-hydrogen) atoms. The number of hydrogen-bond donors (Lipinski definition) is 1. The summed E-state index contributed by atoms with van der Waals surface area (Å²) in [7, 11) is 1.65. The summed E-state index contributed by atoms with van der Waals surface area (Å²) in [6.45, 7) is 1.81. The molecule has 0 saturated heterocycles. The normalized spacial score (nSPS) is 14.2. The summed E-state index contributed by atoms with van der Waals surface area (Å²) < 4.78 is 10.1. The average Bonchev–Trinajstić information content (AvgIpc) is 2.92. The lowest BCUT2D eigenvalue weighted by Crippen LogP contribution is -2.21. The van der Waals surface area contributed by atoms with Gasteiger partial charge in [-0.25, -0.2) is 0 Å². The molecule has 0 bridgehead atoms. The van der Waals surface area contributed by atoms with Gasteiger partial charge in [0, 0.05) is 5.56 Å². The first-order valence-electron chi connectivity index (χ1n) is 6.00. The fraction of sp³-hybridized carbons (Fsp3) is 0.333. The van der Waals surface area contributed by atoms with Crippen LogP contribution < -0.4 is 4.74 Å². The van der Waals surface area contributed by atoms with Crippen LogP contribution in [0.4, 0.5) is 0 Å². The third-order valence-corrected chi connectivity index (χ3v) is 3.20. The predicted octanol–water partition coefficient (Wildman–Crippen LogP) is 3.13. The average molecular weight is 246 g/mol. The molecule has 0 amide bonds. The number of furan rings is 1. The summed E-state index contributed by atoms with van der Waals surface area (Å²) in [6, 6.07) is 9.70. The summed E-state index contributed by atoms with van der Waals surface area (Å²) in [4.78, 5) is 0. The standard InChI is InChI=1S/C15H18O3/c1-15(16,13-8-10-18-11-13)9-7-12-3-5-14(17-2)6-4-12/h3-6,8,10-11,16H,7,9H2,1-2H3. The Labute approximate surface area is 107 Å². The number of aryl methyl sites for hydroxylation is 1. The summed E-state index contributed by atoms with van der Waals surface area (Å²) >= 11 is 0. The van der Waals surface area contributed by atoms with Crippen molar-refractivity contribution in [2.45, 2.75) is 25.4 Å². The van der Waals surface area contributed by atoms with Gasteiger partial charge in [0.2, 0.25) is 0 Å². The minimum absolute atomic E-state index is 0.652. The Bertz CT molecular complexity index is 469. The molecule has 2 aromatic rings. The molecule has 0 spiro atoms. The van der Waals surface area contributed by atoms with Crippen molar-refractivity contribution < 1.29 is 14.3 Å². The van der Waals surface area contributed by atoms with Crippen molar-refractivity contribution in [2.24, 2.45) is 0 Å². The quantitative estimate of drug-likeness (QED) is 0.881. The van der Waals surface area contributed by atoms with Crippen LogP contribution in [0.5, 0.6) is 5.75 Å². The first-order valence-corrected chi connectivity index (χ1v) is 6.00. The van der Waals surface area contributed by atoms with E-state index < -0.39 is 5.60 Å². The molecule has 0 aliphatic heterocycles. The number of aliphatic hydroxyl groups is 1. The molecule has 3 heteroatoms. The van der Waals surface area contributed by atoms with E-state index in [1.807, 2.05) is 24.3 Å². The maximum Gasteiger partial charge on any atom is 0.118 e. The second-order valence-electron chi connectivity index (χ2n) is 4.63. The van der Waals surface area contributed by atoms with Gasteiger partial charge in [-0.3, -0.25) is 0 Å². The molecule has 2 rings (SSSR count). The maximum atomic E-state index is 10.4. The molecule has 1 N–H and O–H groups in total. The van der Waals surface area contributed by atoms with Crippen LogP contribution in [-0.4, -0.2) is 12.2 Å². The molecule has 1 atom stereocenters. The summed E-state index contributed by atoms with van der Waals surface area (Å²) in [6.07, 6.45) is 4.63. The highest BCUT2D eigenvalue weighted by atomic mass is 16.5. The molecule has 0 saturated carbocycles. The highest BCUT2D eigenvalue weighted by molar-refractivity contribution is 5.27. The Morgan fingerprint density at radius 2 is 1.94 bits per heavy atom. The molecule has 1 aromatic heterocycles. The number of ether oxygens (including phenoxy) is 1. The molecule has 0 radical (unpaired) electrons. The second-order valence-corrected chi connectivity index (χ2v) is 4.63. The predicted molar refractivity (Wildman–Crippen MR) is 69.6 cm³/mol. The van der Waals surface area contributed by atoms with Crippen molar-refractivity contribution in [3.05, 3.63) is 54.0 Å². The van der Waals surface area contributed by atoms with Gasteiger partial charge in [-0.1, -0.05) is 12.1 Å². The third-order valence-electron chi connectivity index (χ3n) is 3.20. The summed E-state index contributed by atoms with van der Waals surface area (Å²) in [5, 5.41) is 10.4. The first-order chi connectivity index (χ1) is 8.62. The van der Waals surface area contributed by atoms with Gasteiger partial charge in [0.1, 0.15) is 5.75 Å². The molecule has 3 nitrogen and oxygen atoms in total. The minimum Gasteiger partial charge on any atom is -0.497 e. The van der Waals surface area contributed by atoms with E-state index in [1.54, 1.807) is 32.6 Å². The van der Waals surface area contributed by atoms with Crippen LogP contribution in [0.3, 0.4) is 0 Å². The fourth-order valence-electron chi connectivity index (χ4n) is 1.90. The molecular formula is C15H18O3. The highest BCUT2D eigenvalue weighted by Gasteiger charge is 2.23. The molecule has 1 unspecified atom stereocenters. The Balaban J connectivity index is 1.98. The highest BCUT2D eigenvalue weighted by Crippen LogP contribution is 2.26. The van der Waals surface area contributed by atoms with Gasteiger partial charge in [0.25, 0.3) is 0 Å². The van der Waals surface area contributed by atoms with Crippen molar-refractivity contribution >= 4 is 0 Å². The van der Waals surface area contributed by atoms with E-state index in [1.165, 1.54) is 5.56 Å². The van der Waals surface area contributed by atoms with Crippen LogP contribution in [0.1, 0.15) is 24.5 Å². The van der Waals surface area contributed by atoms with E-state index in [4.69, 9.17) is 9.15 Å². The maximum absolute atomic E-state index is 10.4. The minimum atomic E-state index is -0.854. The SMILES string of the molecule is COc1ccc(CCC(C)(O)c2ccoc2)cc1. The smallest absolute Gasteiger partial charge is 0.118 e. The van der Waals surface area contributed by atoms with Crippen LogP contribution in [0.15, 0.2) is 47.3 Å². The lowest BCUT2D eigenvalue weighted by atomic mass is 9.91. The van der Waals surface area contributed by atoms with Gasteiger partial charge in [0.15, 0.2) is 0 Å². The third kappa shape index (κ3) is 2.93. The Morgan fingerprint density at radius 1 is 1.22 bits per heavy atom. The van der Waals surface area contributed by atoms with Crippen LogP contribution in [0.25, 0.3) is 0 Å². The van der Waals surface area contributed by atoms with Gasteiger partial charge in [0.05, 0.1) is 25.2 Å². The molecule has 0 aliphatic rings. The number of rotatable bonds is 5. The Morgan fingerprint density at radius 3 is 2.50 bits per heavy atom. The van der Waals surface area contributed by atoms with Crippen molar-refractivity contribution in [3.63, 3.8) is 0 Å².